The number of ether oxygens (including phenoxy) is 2. The molecule has 2 aliphatic rings. The van der Waals surface area contributed by atoms with Crippen molar-refractivity contribution in [1.29, 1.82) is 0 Å². The third kappa shape index (κ3) is 5.17. The van der Waals surface area contributed by atoms with Crippen molar-refractivity contribution in [1.82, 2.24) is 15.4 Å². The van der Waals surface area contributed by atoms with Gasteiger partial charge in [0.15, 0.2) is 23.1 Å². The number of rotatable bonds is 7. The topological polar surface area (TPSA) is 88.9 Å². The van der Waals surface area contributed by atoms with E-state index in [1.54, 1.807) is 14.2 Å². The van der Waals surface area contributed by atoms with Gasteiger partial charge < -0.3 is 24.6 Å². The summed E-state index contributed by atoms with van der Waals surface area (Å²) >= 11 is 0. The Labute approximate surface area is 226 Å². The Kier molecular flexibility index (Phi) is 7.48. The fourth-order valence-corrected chi connectivity index (χ4v) is 6.30. The van der Waals surface area contributed by atoms with E-state index in [1.807, 2.05) is 19.9 Å². The number of aromatic nitrogens is 1. The van der Waals surface area contributed by atoms with E-state index in [9.17, 15) is 13.6 Å². The third-order valence-electron chi connectivity index (χ3n) is 8.38. The van der Waals surface area contributed by atoms with Crippen molar-refractivity contribution in [2.45, 2.75) is 63.6 Å². The number of carbonyl (C=O) groups excluding carboxylic acids is 1. The molecular weight excluding hydrogens is 506 g/mol. The molecule has 1 saturated carbocycles. The lowest BCUT2D eigenvalue weighted by molar-refractivity contribution is 0.130. The summed E-state index contributed by atoms with van der Waals surface area (Å²) in [5.41, 5.74) is 3.23. The van der Waals surface area contributed by atoms with Gasteiger partial charge in [-0.1, -0.05) is 11.2 Å². The summed E-state index contributed by atoms with van der Waals surface area (Å²) in [5.74, 6) is 0.223. The van der Waals surface area contributed by atoms with Gasteiger partial charge in [0.1, 0.15) is 5.76 Å². The number of methoxy groups -OCH3 is 2. The molecule has 0 spiro atoms. The molecule has 1 saturated heterocycles. The number of urea groups is 1. The van der Waals surface area contributed by atoms with Crippen LogP contribution in [0.4, 0.5) is 19.3 Å². The number of halogens is 2. The summed E-state index contributed by atoms with van der Waals surface area (Å²) in [5, 5.41) is 9.82. The zero-order valence-electron chi connectivity index (χ0n) is 22.6. The van der Waals surface area contributed by atoms with Crippen molar-refractivity contribution in [3.8, 4) is 11.5 Å². The highest BCUT2D eigenvalue weighted by molar-refractivity contribution is 5.89. The molecule has 2 fully saturated rings. The molecule has 2 aromatic carbocycles. The SMILES string of the molecule is COc1ccc(C23CCC(NC(=O)Nc4ccc(F)c(F)c4)CC2N(Cc2c(C)noc2C)CC3)cc1OC. The molecule has 2 heterocycles. The zero-order valence-corrected chi connectivity index (χ0v) is 22.6. The molecule has 1 aliphatic heterocycles. The van der Waals surface area contributed by atoms with E-state index in [0.717, 1.165) is 61.4 Å². The Morgan fingerprint density at radius 1 is 1.10 bits per heavy atom. The van der Waals surface area contributed by atoms with Gasteiger partial charge in [0.2, 0.25) is 0 Å². The predicted octanol–water partition coefficient (Wildman–Crippen LogP) is 5.47. The van der Waals surface area contributed by atoms with Crippen molar-refractivity contribution in [2.24, 2.45) is 0 Å². The van der Waals surface area contributed by atoms with Gasteiger partial charge in [-0.25, -0.2) is 13.6 Å². The number of anilines is 1. The fourth-order valence-electron chi connectivity index (χ4n) is 6.30. The highest BCUT2D eigenvalue weighted by atomic mass is 19.2. The molecule has 208 valence electrons. The predicted molar refractivity (Wildman–Crippen MR) is 142 cm³/mol. The second-order valence-corrected chi connectivity index (χ2v) is 10.5. The van der Waals surface area contributed by atoms with Crippen LogP contribution in [0.3, 0.4) is 0 Å². The van der Waals surface area contributed by atoms with E-state index in [0.29, 0.717) is 18.0 Å². The van der Waals surface area contributed by atoms with E-state index < -0.39 is 17.7 Å². The van der Waals surface area contributed by atoms with E-state index in [1.165, 1.54) is 11.6 Å². The Morgan fingerprint density at radius 3 is 2.59 bits per heavy atom. The van der Waals surface area contributed by atoms with Gasteiger partial charge in [0.05, 0.1) is 19.9 Å². The molecule has 2 N–H and O–H groups in total. The molecule has 10 heteroatoms. The van der Waals surface area contributed by atoms with Crippen LogP contribution in [0.5, 0.6) is 11.5 Å². The van der Waals surface area contributed by atoms with E-state index in [-0.39, 0.29) is 23.2 Å². The van der Waals surface area contributed by atoms with Crippen LogP contribution in [0.15, 0.2) is 40.9 Å². The number of benzene rings is 2. The Bertz CT molecular complexity index is 1340. The molecule has 0 bridgehead atoms. The maximum Gasteiger partial charge on any atom is 0.319 e. The number of aryl methyl sites for hydroxylation is 2. The molecule has 3 unspecified atom stereocenters. The van der Waals surface area contributed by atoms with Gasteiger partial charge in [-0.05, 0) is 75.9 Å². The first-order valence-corrected chi connectivity index (χ1v) is 13.1. The number of amides is 2. The van der Waals surface area contributed by atoms with Gasteiger partial charge in [0.25, 0.3) is 0 Å². The lowest BCUT2D eigenvalue weighted by Crippen LogP contribution is -2.52. The standard InChI is InChI=1S/C29H34F2N4O4/c1-17-22(18(2)39-34-17)16-35-12-11-29(19-5-8-25(37-3)26(13-19)38-4)10-9-21(15-27(29)35)33-28(36)32-20-6-7-23(30)24(31)14-20/h5-8,13-14,21,27H,9-12,15-16H2,1-4H3,(H2,32,33,36). The summed E-state index contributed by atoms with van der Waals surface area (Å²) in [7, 11) is 3.27. The Hall–Kier alpha value is -3.66. The maximum atomic E-state index is 13.6. The van der Waals surface area contributed by atoms with Gasteiger partial charge in [0, 0.05) is 41.4 Å². The first-order chi connectivity index (χ1) is 18.7. The minimum atomic E-state index is -1.01. The number of carbonyl (C=O) groups is 1. The van der Waals surface area contributed by atoms with Crippen LogP contribution < -0.4 is 20.1 Å². The second kappa shape index (κ2) is 10.8. The molecule has 0 radical (unpaired) electrons. The molecule has 2 amide bonds. The van der Waals surface area contributed by atoms with Crippen molar-refractivity contribution in [3.05, 3.63) is 70.6 Å². The van der Waals surface area contributed by atoms with Gasteiger partial charge in [-0.2, -0.15) is 0 Å². The summed E-state index contributed by atoms with van der Waals surface area (Å²) in [6.07, 6.45) is 3.32. The Balaban J connectivity index is 1.39. The average molecular weight is 541 g/mol. The molecule has 5 rings (SSSR count). The summed E-state index contributed by atoms with van der Waals surface area (Å²) in [6, 6.07) is 9.05. The van der Waals surface area contributed by atoms with Crippen LogP contribution in [0.2, 0.25) is 0 Å². The fraction of sp³-hybridized carbons (Fsp3) is 0.448. The van der Waals surface area contributed by atoms with E-state index in [2.05, 4.69) is 32.8 Å². The normalized spacial score (nSPS) is 22.8. The van der Waals surface area contributed by atoms with Crippen molar-refractivity contribution >= 4 is 11.7 Å². The number of fused-ring (bicyclic) bond motifs is 1. The average Bonchev–Trinajstić information content (AvgIpc) is 3.45. The number of nitrogens with zero attached hydrogens (tertiary/aromatic N) is 2. The highest BCUT2D eigenvalue weighted by Crippen LogP contribution is 2.51. The molecular formula is C29H34F2N4O4. The van der Waals surface area contributed by atoms with Gasteiger partial charge >= 0.3 is 6.03 Å². The number of hydrogen-bond donors (Lipinski definition) is 2. The zero-order chi connectivity index (χ0) is 27.7. The number of nitrogens with one attached hydrogen (secondary N) is 2. The van der Waals surface area contributed by atoms with E-state index in [4.69, 9.17) is 14.0 Å². The summed E-state index contributed by atoms with van der Waals surface area (Å²) < 4.78 is 43.4. The minimum absolute atomic E-state index is 0.0983. The lowest BCUT2D eigenvalue weighted by atomic mass is 9.65. The molecule has 8 nitrogen and oxygen atoms in total. The van der Waals surface area contributed by atoms with E-state index >= 15 is 0 Å². The molecule has 39 heavy (non-hydrogen) atoms. The summed E-state index contributed by atoms with van der Waals surface area (Å²) in [6.45, 7) is 5.48. The number of likely N-dealkylation sites (tertiary alicyclic amines) is 1. The van der Waals surface area contributed by atoms with Crippen LogP contribution in [-0.4, -0.2) is 48.9 Å². The largest absolute Gasteiger partial charge is 0.493 e. The van der Waals surface area contributed by atoms with Crippen LogP contribution in [0.1, 0.15) is 48.3 Å². The van der Waals surface area contributed by atoms with Crippen LogP contribution in [0.25, 0.3) is 0 Å². The third-order valence-corrected chi connectivity index (χ3v) is 8.38. The van der Waals surface area contributed by atoms with Crippen molar-refractivity contribution in [2.75, 3.05) is 26.1 Å². The second-order valence-electron chi connectivity index (χ2n) is 10.5. The summed E-state index contributed by atoms with van der Waals surface area (Å²) in [4.78, 5) is 15.3. The highest BCUT2D eigenvalue weighted by Gasteiger charge is 2.52. The smallest absolute Gasteiger partial charge is 0.319 e. The lowest BCUT2D eigenvalue weighted by Gasteiger charge is -2.45. The van der Waals surface area contributed by atoms with Crippen molar-refractivity contribution < 1.29 is 27.6 Å². The molecule has 3 aromatic rings. The quantitative estimate of drug-likeness (QED) is 0.413. The van der Waals surface area contributed by atoms with Crippen LogP contribution in [0, 0.1) is 25.5 Å². The first kappa shape index (κ1) is 26.9. The van der Waals surface area contributed by atoms with Crippen molar-refractivity contribution in [3.63, 3.8) is 0 Å². The molecule has 1 aliphatic carbocycles. The molecule has 3 atom stereocenters. The Morgan fingerprint density at radius 2 is 1.90 bits per heavy atom. The van der Waals surface area contributed by atoms with Gasteiger partial charge in [-0.15, -0.1) is 0 Å². The van der Waals surface area contributed by atoms with Crippen LogP contribution in [-0.2, 0) is 12.0 Å². The minimum Gasteiger partial charge on any atom is -0.493 e. The van der Waals surface area contributed by atoms with Crippen LogP contribution >= 0.6 is 0 Å². The maximum absolute atomic E-state index is 13.6. The first-order valence-electron chi connectivity index (χ1n) is 13.1. The van der Waals surface area contributed by atoms with Gasteiger partial charge in [-0.3, -0.25) is 4.90 Å². The molecule has 1 aromatic heterocycles. The monoisotopic (exact) mass is 540 g/mol. The number of hydrogen-bond acceptors (Lipinski definition) is 6.